The molecule has 1 atom stereocenters. The van der Waals surface area contributed by atoms with E-state index in [0.29, 0.717) is 12.5 Å². The summed E-state index contributed by atoms with van der Waals surface area (Å²) in [5.41, 5.74) is 8.46. The number of aryl methyl sites for hydroxylation is 1. The fourth-order valence-electron chi connectivity index (χ4n) is 2.42. The highest BCUT2D eigenvalue weighted by molar-refractivity contribution is 9.10. The molecule has 1 unspecified atom stereocenters. The molecule has 0 spiro atoms. The molecule has 2 aromatic rings. The van der Waals surface area contributed by atoms with Gasteiger partial charge in [-0.1, -0.05) is 46.3 Å². The molecule has 0 saturated carbocycles. The van der Waals surface area contributed by atoms with Gasteiger partial charge in [0, 0.05) is 4.47 Å². The van der Waals surface area contributed by atoms with Crippen LogP contribution in [0.2, 0.25) is 0 Å². The average Bonchev–Trinajstić information content (AvgIpc) is 2.49. The SMILES string of the molecule is COc1ccc(Br)cc1CCC(CN)c1ccccc1. The maximum Gasteiger partial charge on any atom is 0.122 e. The van der Waals surface area contributed by atoms with Crippen LogP contribution in [0.15, 0.2) is 53.0 Å². The zero-order valence-electron chi connectivity index (χ0n) is 11.7. The van der Waals surface area contributed by atoms with Crippen molar-refractivity contribution in [3.8, 4) is 5.75 Å². The smallest absolute Gasteiger partial charge is 0.122 e. The molecule has 20 heavy (non-hydrogen) atoms. The van der Waals surface area contributed by atoms with Crippen LogP contribution >= 0.6 is 15.9 Å². The number of hydrogen-bond acceptors (Lipinski definition) is 2. The highest BCUT2D eigenvalue weighted by Gasteiger charge is 2.11. The van der Waals surface area contributed by atoms with Crippen molar-refractivity contribution in [1.82, 2.24) is 0 Å². The van der Waals surface area contributed by atoms with Gasteiger partial charge in [0.1, 0.15) is 5.75 Å². The van der Waals surface area contributed by atoms with E-state index in [1.54, 1.807) is 7.11 Å². The van der Waals surface area contributed by atoms with Crippen molar-refractivity contribution in [2.45, 2.75) is 18.8 Å². The minimum atomic E-state index is 0.389. The van der Waals surface area contributed by atoms with Gasteiger partial charge in [-0.15, -0.1) is 0 Å². The van der Waals surface area contributed by atoms with Crippen molar-refractivity contribution in [3.05, 3.63) is 64.1 Å². The minimum absolute atomic E-state index is 0.389. The van der Waals surface area contributed by atoms with Crippen LogP contribution in [0, 0.1) is 0 Å². The molecule has 0 saturated heterocycles. The lowest BCUT2D eigenvalue weighted by atomic mass is 9.92. The van der Waals surface area contributed by atoms with Gasteiger partial charge in [-0.2, -0.15) is 0 Å². The summed E-state index contributed by atoms with van der Waals surface area (Å²) in [6, 6.07) is 16.6. The molecular formula is C17H20BrNO. The third-order valence-electron chi connectivity index (χ3n) is 3.56. The van der Waals surface area contributed by atoms with Crippen LogP contribution in [-0.2, 0) is 6.42 Å². The van der Waals surface area contributed by atoms with E-state index in [1.165, 1.54) is 11.1 Å². The number of methoxy groups -OCH3 is 1. The summed E-state index contributed by atoms with van der Waals surface area (Å²) in [6.45, 7) is 0.667. The molecule has 0 aromatic heterocycles. The maximum atomic E-state index is 5.93. The molecule has 0 aliphatic heterocycles. The minimum Gasteiger partial charge on any atom is -0.496 e. The molecule has 2 nitrogen and oxygen atoms in total. The molecule has 0 aliphatic rings. The highest BCUT2D eigenvalue weighted by Crippen LogP contribution is 2.27. The Morgan fingerprint density at radius 1 is 1.15 bits per heavy atom. The van der Waals surface area contributed by atoms with Crippen LogP contribution in [0.25, 0.3) is 0 Å². The zero-order valence-corrected chi connectivity index (χ0v) is 13.3. The van der Waals surface area contributed by atoms with Crippen LogP contribution in [0.5, 0.6) is 5.75 Å². The summed E-state index contributed by atoms with van der Waals surface area (Å²) in [7, 11) is 1.71. The number of benzene rings is 2. The molecule has 0 fully saturated rings. The van der Waals surface area contributed by atoms with Crippen molar-refractivity contribution >= 4 is 15.9 Å². The number of nitrogens with two attached hydrogens (primary N) is 1. The van der Waals surface area contributed by atoms with Gasteiger partial charge in [0.25, 0.3) is 0 Å². The third kappa shape index (κ3) is 3.84. The Labute approximate surface area is 129 Å². The monoisotopic (exact) mass is 333 g/mol. The molecule has 2 aromatic carbocycles. The zero-order chi connectivity index (χ0) is 14.4. The Morgan fingerprint density at radius 3 is 2.55 bits per heavy atom. The Hall–Kier alpha value is -1.32. The third-order valence-corrected chi connectivity index (χ3v) is 4.05. The van der Waals surface area contributed by atoms with Crippen molar-refractivity contribution < 1.29 is 4.74 Å². The van der Waals surface area contributed by atoms with Gasteiger partial charge < -0.3 is 10.5 Å². The van der Waals surface area contributed by atoms with Crippen LogP contribution in [-0.4, -0.2) is 13.7 Å². The lowest BCUT2D eigenvalue weighted by Crippen LogP contribution is -2.13. The summed E-state index contributed by atoms with van der Waals surface area (Å²) in [6.07, 6.45) is 1.98. The maximum absolute atomic E-state index is 5.93. The first-order valence-corrected chi connectivity index (χ1v) is 7.61. The van der Waals surface area contributed by atoms with Crippen molar-refractivity contribution in [2.75, 3.05) is 13.7 Å². The van der Waals surface area contributed by atoms with E-state index in [1.807, 2.05) is 18.2 Å². The Balaban J connectivity index is 2.09. The molecule has 2 N–H and O–H groups in total. The fourth-order valence-corrected chi connectivity index (χ4v) is 2.83. The molecule has 106 valence electrons. The predicted molar refractivity (Wildman–Crippen MR) is 87.3 cm³/mol. The summed E-state index contributed by atoms with van der Waals surface area (Å²) >= 11 is 3.51. The summed E-state index contributed by atoms with van der Waals surface area (Å²) in [4.78, 5) is 0. The first-order valence-electron chi connectivity index (χ1n) is 6.82. The van der Waals surface area contributed by atoms with Crippen LogP contribution < -0.4 is 10.5 Å². The summed E-state index contributed by atoms with van der Waals surface area (Å²) < 4.78 is 6.50. The quantitative estimate of drug-likeness (QED) is 0.862. The molecule has 0 amide bonds. The van der Waals surface area contributed by atoms with Crippen LogP contribution in [0.1, 0.15) is 23.5 Å². The van der Waals surface area contributed by atoms with Crippen LogP contribution in [0.3, 0.4) is 0 Å². The first-order chi connectivity index (χ1) is 9.74. The Kier molecular flexibility index (Phi) is 5.62. The van der Waals surface area contributed by atoms with E-state index >= 15 is 0 Å². The predicted octanol–water partition coefficient (Wildman–Crippen LogP) is 4.13. The molecule has 0 heterocycles. The second kappa shape index (κ2) is 7.46. The lowest BCUT2D eigenvalue weighted by molar-refractivity contribution is 0.408. The first kappa shape index (κ1) is 15.1. The summed E-state index contributed by atoms with van der Waals surface area (Å²) in [5, 5.41) is 0. The van der Waals surface area contributed by atoms with Gasteiger partial charge >= 0.3 is 0 Å². The summed E-state index contributed by atoms with van der Waals surface area (Å²) in [5.74, 6) is 1.33. The van der Waals surface area contributed by atoms with Crippen LogP contribution in [0.4, 0.5) is 0 Å². The van der Waals surface area contributed by atoms with Gasteiger partial charge in [-0.25, -0.2) is 0 Å². The second-order valence-electron chi connectivity index (χ2n) is 4.84. The molecule has 3 heteroatoms. The van der Waals surface area contributed by atoms with E-state index in [4.69, 9.17) is 10.5 Å². The van der Waals surface area contributed by atoms with E-state index < -0.39 is 0 Å². The molecule has 0 bridgehead atoms. The average molecular weight is 334 g/mol. The molecule has 0 aliphatic carbocycles. The highest BCUT2D eigenvalue weighted by atomic mass is 79.9. The van der Waals surface area contributed by atoms with Gasteiger partial charge in [0.05, 0.1) is 7.11 Å². The van der Waals surface area contributed by atoms with E-state index in [0.717, 1.165) is 23.1 Å². The number of rotatable bonds is 6. The van der Waals surface area contributed by atoms with E-state index in [-0.39, 0.29) is 0 Å². The van der Waals surface area contributed by atoms with Crippen molar-refractivity contribution in [3.63, 3.8) is 0 Å². The standard InChI is InChI=1S/C17H20BrNO/c1-20-17-10-9-16(18)11-14(17)7-8-15(12-19)13-5-3-2-4-6-13/h2-6,9-11,15H,7-8,12,19H2,1H3. The van der Waals surface area contributed by atoms with Crippen molar-refractivity contribution in [1.29, 1.82) is 0 Å². The topological polar surface area (TPSA) is 35.2 Å². The number of halogens is 1. The van der Waals surface area contributed by atoms with Crippen molar-refractivity contribution in [2.24, 2.45) is 5.73 Å². The van der Waals surface area contributed by atoms with E-state index in [2.05, 4.69) is 46.3 Å². The number of hydrogen-bond donors (Lipinski definition) is 1. The molecular weight excluding hydrogens is 314 g/mol. The van der Waals surface area contributed by atoms with Gasteiger partial charge in [-0.3, -0.25) is 0 Å². The van der Waals surface area contributed by atoms with Gasteiger partial charge in [-0.05, 0) is 54.6 Å². The van der Waals surface area contributed by atoms with E-state index in [9.17, 15) is 0 Å². The lowest BCUT2D eigenvalue weighted by Gasteiger charge is -2.16. The van der Waals surface area contributed by atoms with Gasteiger partial charge in [0.15, 0.2) is 0 Å². The molecule has 0 radical (unpaired) electrons. The second-order valence-corrected chi connectivity index (χ2v) is 5.75. The fraction of sp³-hybridized carbons (Fsp3) is 0.294. The Morgan fingerprint density at radius 2 is 1.90 bits per heavy atom. The van der Waals surface area contributed by atoms with Gasteiger partial charge in [0.2, 0.25) is 0 Å². The Bertz CT molecular complexity index is 542. The normalized spacial score (nSPS) is 12.2. The number of ether oxygens (including phenoxy) is 1. The largest absolute Gasteiger partial charge is 0.496 e. The molecule has 2 rings (SSSR count).